The lowest BCUT2D eigenvalue weighted by Crippen LogP contribution is -2.37. The van der Waals surface area contributed by atoms with E-state index in [9.17, 15) is 9.32 Å². The molecule has 34 heavy (non-hydrogen) atoms. The zero-order chi connectivity index (χ0) is 25.2. The van der Waals surface area contributed by atoms with Crippen LogP contribution in [0.3, 0.4) is 0 Å². The molecule has 0 saturated carbocycles. The van der Waals surface area contributed by atoms with E-state index in [0.29, 0.717) is 52.7 Å². The molecule has 2 unspecified atom stereocenters. The van der Waals surface area contributed by atoms with Gasteiger partial charge in [-0.1, -0.05) is 18.7 Å². The van der Waals surface area contributed by atoms with Crippen LogP contribution >= 0.6 is 0 Å². The monoisotopic (exact) mass is 503 g/mol. The molecule has 1 aliphatic rings. The Kier molecular flexibility index (Phi) is 16.7. The van der Waals surface area contributed by atoms with Gasteiger partial charge in [0.15, 0.2) is 0 Å². The Balaban J connectivity index is 1.97. The third kappa shape index (κ3) is 13.3. The van der Waals surface area contributed by atoms with Gasteiger partial charge in [-0.25, -0.2) is 14.8 Å². The van der Waals surface area contributed by atoms with Crippen LogP contribution in [0.25, 0.3) is 0 Å². The molecule has 12 heteroatoms. The van der Waals surface area contributed by atoms with E-state index >= 15 is 0 Å². The largest absolute Gasteiger partial charge is 0.399 e. The second kappa shape index (κ2) is 18.7. The lowest BCUT2D eigenvalue weighted by molar-refractivity contribution is 0.0124. The first-order valence-corrected chi connectivity index (χ1v) is 12.4. The first-order valence-electron chi connectivity index (χ1n) is 11.2. The molecule has 11 nitrogen and oxygen atoms in total. The third-order valence-corrected chi connectivity index (χ3v) is 5.80. The highest BCUT2D eigenvalue weighted by atomic mass is 32.2. The normalized spacial score (nSPS) is 18.3. The van der Waals surface area contributed by atoms with E-state index in [1.165, 1.54) is 5.01 Å². The van der Waals surface area contributed by atoms with Gasteiger partial charge >= 0.3 is 0 Å². The van der Waals surface area contributed by atoms with Crippen molar-refractivity contribution in [3.05, 3.63) is 47.2 Å². The number of nitrogens with zero attached hydrogens (tertiary/aromatic N) is 2. The maximum absolute atomic E-state index is 12.0. The molecule has 7 N–H and O–H groups in total. The number of nitrogens with two attached hydrogens (primary N) is 2. The lowest BCUT2D eigenvalue weighted by atomic mass is 9.97. The van der Waals surface area contributed by atoms with E-state index in [0.717, 1.165) is 18.7 Å². The quantitative estimate of drug-likeness (QED) is 0.0477. The zero-order valence-corrected chi connectivity index (χ0v) is 20.9. The van der Waals surface area contributed by atoms with Crippen molar-refractivity contribution < 1.29 is 28.6 Å². The summed E-state index contributed by atoms with van der Waals surface area (Å²) < 4.78 is 31.2. The van der Waals surface area contributed by atoms with Gasteiger partial charge in [0.2, 0.25) is 0 Å². The van der Waals surface area contributed by atoms with Crippen molar-refractivity contribution >= 4 is 11.0 Å². The Morgan fingerprint density at radius 2 is 1.85 bits per heavy atom. The highest BCUT2D eigenvalue weighted by Crippen LogP contribution is 2.17. The number of likely N-dealkylation sites (N-methyl/N-ethyl adjacent to an activating group) is 1. The highest BCUT2D eigenvalue weighted by Gasteiger charge is 2.13. The Morgan fingerprint density at radius 3 is 2.47 bits per heavy atom. The summed E-state index contributed by atoms with van der Waals surface area (Å²) in [5, 5.41) is 21.1. The SMILES string of the molecule is C=C(/C=C/S(=O)NCCOCCOCCOCCN(N)/C(CO)=C(\N)CO)C1C=CCN(C)C1. The van der Waals surface area contributed by atoms with Crippen LogP contribution in [0.5, 0.6) is 0 Å². The van der Waals surface area contributed by atoms with Gasteiger partial charge in [0.1, 0.15) is 11.0 Å². The second-order valence-corrected chi connectivity index (χ2v) is 8.80. The number of hydrazine groups is 1. The average Bonchev–Trinajstić information content (AvgIpc) is 2.83. The van der Waals surface area contributed by atoms with Crippen LogP contribution in [-0.2, 0) is 25.2 Å². The van der Waals surface area contributed by atoms with Gasteiger partial charge in [-0.05, 0) is 18.7 Å². The smallest absolute Gasteiger partial charge is 0.117 e. The molecular formula is C22H41N5O6S. The van der Waals surface area contributed by atoms with Gasteiger partial charge in [-0.2, -0.15) is 0 Å². The van der Waals surface area contributed by atoms with Crippen LogP contribution in [0.1, 0.15) is 0 Å². The summed E-state index contributed by atoms with van der Waals surface area (Å²) >= 11 is 0. The van der Waals surface area contributed by atoms with E-state index in [2.05, 4.69) is 35.4 Å². The summed E-state index contributed by atoms with van der Waals surface area (Å²) in [6.07, 6.45) is 6.07. The van der Waals surface area contributed by atoms with Crippen molar-refractivity contribution in [3.8, 4) is 0 Å². The molecule has 0 amide bonds. The van der Waals surface area contributed by atoms with E-state index < -0.39 is 11.0 Å². The Bertz CT molecular complexity index is 703. The second-order valence-electron chi connectivity index (χ2n) is 7.64. The molecule has 1 heterocycles. The average molecular weight is 504 g/mol. The molecular weight excluding hydrogens is 462 g/mol. The molecule has 1 aliphatic heterocycles. The predicted octanol–water partition coefficient (Wildman–Crippen LogP) is -1.19. The van der Waals surface area contributed by atoms with Crippen LogP contribution < -0.4 is 16.3 Å². The number of allylic oxidation sites excluding steroid dienone is 1. The molecule has 196 valence electrons. The fraction of sp³-hybridized carbons (Fsp3) is 0.636. The topological polar surface area (TPSA) is 156 Å². The van der Waals surface area contributed by atoms with Crippen LogP contribution in [0.4, 0.5) is 0 Å². The van der Waals surface area contributed by atoms with E-state index in [-0.39, 0.29) is 30.5 Å². The highest BCUT2D eigenvalue weighted by molar-refractivity contribution is 7.86. The standard InChI is InChI=1S/C22H41N5O6S/c1-19(20-4-3-7-26(2)16-20)5-15-34(30)25-6-9-31-11-13-33-14-12-32-10-8-27(24)22(18-29)21(23)17-28/h3-5,15,20,25,28-29H,1,6-14,16-18,23-24H2,2H3/b15-5+,22-21-. The van der Waals surface area contributed by atoms with Crippen LogP contribution in [0.15, 0.2) is 47.2 Å². The summed E-state index contributed by atoms with van der Waals surface area (Å²) in [6, 6.07) is 0. The molecule has 1 rings (SSSR count). The summed E-state index contributed by atoms with van der Waals surface area (Å²) in [5.74, 6) is 6.02. The summed E-state index contributed by atoms with van der Waals surface area (Å²) in [4.78, 5) is 2.21. The van der Waals surface area contributed by atoms with E-state index in [1.54, 1.807) is 5.41 Å². The van der Waals surface area contributed by atoms with Gasteiger partial charge in [-0.15, -0.1) is 0 Å². The number of rotatable bonds is 19. The molecule has 0 bridgehead atoms. The van der Waals surface area contributed by atoms with Gasteiger partial charge < -0.3 is 40.1 Å². The van der Waals surface area contributed by atoms with Crippen molar-refractivity contribution in [3.63, 3.8) is 0 Å². The zero-order valence-electron chi connectivity index (χ0n) is 20.1. The molecule has 0 saturated heterocycles. The minimum absolute atomic E-state index is 0.123. The molecule has 0 radical (unpaired) electrons. The Hall–Kier alpha value is -1.61. The maximum Gasteiger partial charge on any atom is 0.117 e. The van der Waals surface area contributed by atoms with E-state index in [1.807, 2.05) is 6.08 Å². The summed E-state index contributed by atoms with van der Waals surface area (Å²) in [5.41, 5.74) is 6.90. The molecule has 0 aromatic rings. The summed E-state index contributed by atoms with van der Waals surface area (Å²) in [6.45, 7) is 8.32. The van der Waals surface area contributed by atoms with Crippen LogP contribution in [0.2, 0.25) is 0 Å². The number of aliphatic hydroxyl groups is 2. The molecule has 0 aromatic carbocycles. The summed E-state index contributed by atoms with van der Waals surface area (Å²) in [7, 11) is 0.781. The fourth-order valence-corrected chi connectivity index (χ4v) is 3.64. The molecule has 2 atom stereocenters. The third-order valence-electron chi connectivity index (χ3n) is 4.92. The maximum atomic E-state index is 12.0. The number of hydrogen-bond acceptors (Lipinski definition) is 10. The van der Waals surface area contributed by atoms with Crippen molar-refractivity contribution in [2.24, 2.45) is 17.5 Å². The molecule has 0 aliphatic carbocycles. The van der Waals surface area contributed by atoms with Crippen LogP contribution in [0, 0.1) is 5.92 Å². The number of nitrogens with one attached hydrogen (secondary N) is 1. The van der Waals surface area contributed by atoms with Gasteiger partial charge in [0.25, 0.3) is 0 Å². The predicted molar refractivity (Wildman–Crippen MR) is 133 cm³/mol. The minimum Gasteiger partial charge on any atom is -0.399 e. The van der Waals surface area contributed by atoms with E-state index in [4.69, 9.17) is 30.9 Å². The fourth-order valence-electron chi connectivity index (χ4n) is 2.96. The first-order chi connectivity index (χ1) is 16.4. The van der Waals surface area contributed by atoms with Crippen molar-refractivity contribution in [1.29, 1.82) is 0 Å². The van der Waals surface area contributed by atoms with Gasteiger partial charge in [-0.3, -0.25) is 0 Å². The van der Waals surface area contributed by atoms with Crippen LogP contribution in [-0.4, -0.2) is 110 Å². The Morgan fingerprint density at radius 1 is 1.21 bits per heavy atom. The van der Waals surface area contributed by atoms with Gasteiger partial charge in [0.05, 0.1) is 70.8 Å². The van der Waals surface area contributed by atoms with Crippen molar-refractivity contribution in [2.45, 2.75) is 0 Å². The molecule has 0 fully saturated rings. The van der Waals surface area contributed by atoms with Crippen molar-refractivity contribution in [2.75, 3.05) is 86.1 Å². The number of hydrogen-bond donors (Lipinski definition) is 5. The van der Waals surface area contributed by atoms with Crippen molar-refractivity contribution in [1.82, 2.24) is 14.6 Å². The lowest BCUT2D eigenvalue weighted by Gasteiger charge is -2.25. The molecule has 0 aromatic heterocycles. The molecule has 0 spiro atoms. The number of ether oxygens (including phenoxy) is 3. The van der Waals surface area contributed by atoms with Gasteiger partial charge in [0, 0.05) is 31.0 Å². The Labute approximate surface area is 205 Å². The first kappa shape index (κ1) is 30.4. The minimum atomic E-state index is -1.28. The number of aliphatic hydroxyl groups excluding tert-OH is 2.